The number of ether oxygens (including phenoxy) is 1. The van der Waals surface area contributed by atoms with Gasteiger partial charge in [0.2, 0.25) is 0 Å². The lowest BCUT2D eigenvalue weighted by molar-refractivity contribution is -0.120. The van der Waals surface area contributed by atoms with Gasteiger partial charge in [0.15, 0.2) is 6.61 Å². The van der Waals surface area contributed by atoms with Crippen LogP contribution in [0.1, 0.15) is 0 Å². The molecule has 1 aromatic carbocycles. The molecule has 2 rings (SSSR count). The van der Waals surface area contributed by atoms with Crippen LogP contribution in [0.4, 0.5) is 5.69 Å². The first-order chi connectivity index (χ1) is 6.59. The van der Waals surface area contributed by atoms with Gasteiger partial charge in [-0.3, -0.25) is 4.79 Å². The van der Waals surface area contributed by atoms with E-state index in [1.54, 1.807) is 19.2 Å². The predicted molar refractivity (Wildman–Crippen MR) is 55.4 cm³/mol. The van der Waals surface area contributed by atoms with Crippen molar-refractivity contribution in [3.63, 3.8) is 0 Å². The Morgan fingerprint density at radius 3 is 2.86 bits per heavy atom. The van der Waals surface area contributed by atoms with Gasteiger partial charge in [0.25, 0.3) is 5.91 Å². The molecule has 3 nitrogen and oxygen atoms in total. The number of fused-ring (bicyclic) bond motifs is 1. The molecule has 74 valence electrons. The smallest absolute Gasteiger partial charge is 0.264 e. The highest BCUT2D eigenvalue weighted by Gasteiger charge is 2.25. The van der Waals surface area contributed by atoms with Gasteiger partial charge in [-0.2, -0.15) is 0 Å². The van der Waals surface area contributed by atoms with Crippen LogP contribution in [0.2, 0.25) is 10.0 Å². The van der Waals surface area contributed by atoms with E-state index < -0.39 is 0 Å². The topological polar surface area (TPSA) is 29.5 Å². The average Bonchev–Trinajstić information content (AvgIpc) is 2.10. The number of hydrogen-bond acceptors (Lipinski definition) is 2. The lowest BCUT2D eigenvalue weighted by atomic mass is 10.2. The zero-order chi connectivity index (χ0) is 10.3. The number of carbonyl (C=O) groups is 1. The van der Waals surface area contributed by atoms with Crippen LogP contribution in [0.5, 0.6) is 5.75 Å². The summed E-state index contributed by atoms with van der Waals surface area (Å²) in [6.45, 7) is 0.0279. The fourth-order valence-corrected chi connectivity index (χ4v) is 1.94. The number of nitrogens with zero attached hydrogens (tertiary/aromatic N) is 1. The van der Waals surface area contributed by atoms with Crippen molar-refractivity contribution in [2.75, 3.05) is 18.6 Å². The number of halogens is 2. The molecule has 1 heterocycles. The SMILES string of the molecule is CN1C(=O)COc2cc(Cl)cc(Cl)c21. The molecule has 5 heteroatoms. The monoisotopic (exact) mass is 231 g/mol. The molecule has 0 radical (unpaired) electrons. The van der Waals surface area contributed by atoms with E-state index in [1.165, 1.54) is 4.90 Å². The third-order valence-electron chi connectivity index (χ3n) is 2.05. The van der Waals surface area contributed by atoms with Crippen LogP contribution in [0.3, 0.4) is 0 Å². The number of likely N-dealkylation sites (N-methyl/N-ethyl adjacent to an activating group) is 1. The Hall–Kier alpha value is -0.930. The summed E-state index contributed by atoms with van der Waals surface area (Å²) >= 11 is 11.7. The van der Waals surface area contributed by atoms with Crippen molar-refractivity contribution >= 4 is 34.8 Å². The third-order valence-corrected chi connectivity index (χ3v) is 2.56. The number of hydrogen-bond donors (Lipinski definition) is 0. The largest absolute Gasteiger partial charge is 0.481 e. The number of rotatable bonds is 0. The summed E-state index contributed by atoms with van der Waals surface area (Å²) in [5.74, 6) is 0.423. The summed E-state index contributed by atoms with van der Waals surface area (Å²) < 4.78 is 5.21. The molecule has 1 aromatic rings. The van der Waals surface area contributed by atoms with Gasteiger partial charge in [-0.15, -0.1) is 0 Å². The Morgan fingerprint density at radius 1 is 1.43 bits per heavy atom. The Morgan fingerprint density at radius 2 is 2.14 bits per heavy atom. The number of benzene rings is 1. The molecule has 1 aliphatic rings. The van der Waals surface area contributed by atoms with Gasteiger partial charge < -0.3 is 9.64 Å². The molecule has 1 amide bonds. The number of carbonyl (C=O) groups excluding carboxylic acids is 1. The highest BCUT2D eigenvalue weighted by atomic mass is 35.5. The summed E-state index contributed by atoms with van der Waals surface area (Å²) in [7, 11) is 1.66. The molecule has 0 saturated carbocycles. The molecule has 1 aliphatic heterocycles. The molecule has 0 aromatic heterocycles. The quantitative estimate of drug-likeness (QED) is 0.687. The van der Waals surface area contributed by atoms with Gasteiger partial charge in [0.05, 0.1) is 5.02 Å². The van der Waals surface area contributed by atoms with E-state index in [0.29, 0.717) is 21.5 Å². The van der Waals surface area contributed by atoms with E-state index in [1.807, 2.05) is 0 Å². The molecule has 0 aliphatic carbocycles. The van der Waals surface area contributed by atoms with Crippen molar-refractivity contribution < 1.29 is 9.53 Å². The van der Waals surface area contributed by atoms with Gasteiger partial charge in [0, 0.05) is 18.1 Å². The molecule has 0 saturated heterocycles. The van der Waals surface area contributed by atoms with Gasteiger partial charge in [-0.05, 0) is 6.07 Å². The second-order valence-electron chi connectivity index (χ2n) is 2.98. The lowest BCUT2D eigenvalue weighted by Crippen LogP contribution is -2.35. The van der Waals surface area contributed by atoms with Crippen molar-refractivity contribution in [3.8, 4) is 5.75 Å². The highest BCUT2D eigenvalue weighted by molar-refractivity contribution is 6.37. The summed E-state index contributed by atoms with van der Waals surface area (Å²) in [5.41, 5.74) is 0.576. The van der Waals surface area contributed by atoms with Gasteiger partial charge in [-0.25, -0.2) is 0 Å². The Bertz CT molecular complexity index is 406. The summed E-state index contributed by atoms with van der Waals surface area (Å²) in [6.07, 6.45) is 0. The normalized spacial score (nSPS) is 15.1. The fourth-order valence-electron chi connectivity index (χ4n) is 1.34. The van der Waals surface area contributed by atoms with Gasteiger partial charge in [0.1, 0.15) is 11.4 Å². The van der Waals surface area contributed by atoms with E-state index in [0.717, 1.165) is 0 Å². The minimum Gasteiger partial charge on any atom is -0.481 e. The maximum absolute atomic E-state index is 11.3. The van der Waals surface area contributed by atoms with Crippen LogP contribution in [0.15, 0.2) is 12.1 Å². The van der Waals surface area contributed by atoms with E-state index in [2.05, 4.69) is 0 Å². The van der Waals surface area contributed by atoms with Crippen LogP contribution in [-0.4, -0.2) is 19.6 Å². The van der Waals surface area contributed by atoms with E-state index in [9.17, 15) is 4.79 Å². The second kappa shape index (κ2) is 3.33. The molecule has 0 atom stereocenters. The summed E-state index contributed by atoms with van der Waals surface area (Å²) in [4.78, 5) is 12.8. The van der Waals surface area contributed by atoms with Crippen LogP contribution in [0.25, 0.3) is 0 Å². The predicted octanol–water partition coefficient (Wildman–Crippen LogP) is 2.35. The molecule has 0 unspecified atom stereocenters. The highest BCUT2D eigenvalue weighted by Crippen LogP contribution is 2.40. The molecular formula is C9H7Cl2NO2. The third kappa shape index (κ3) is 1.42. The summed E-state index contributed by atoms with van der Waals surface area (Å²) in [6, 6.07) is 3.23. The first-order valence-electron chi connectivity index (χ1n) is 3.98. The Kier molecular flexibility index (Phi) is 2.29. The lowest BCUT2D eigenvalue weighted by Gasteiger charge is -2.26. The number of amides is 1. The van der Waals surface area contributed by atoms with Crippen molar-refractivity contribution in [2.45, 2.75) is 0 Å². The van der Waals surface area contributed by atoms with Crippen LogP contribution >= 0.6 is 23.2 Å². The Labute approximate surface area is 91.2 Å². The maximum atomic E-state index is 11.3. The van der Waals surface area contributed by atoms with Crippen molar-refractivity contribution in [3.05, 3.63) is 22.2 Å². The molecular weight excluding hydrogens is 225 g/mol. The number of anilines is 1. The van der Waals surface area contributed by atoms with Crippen molar-refractivity contribution in [1.82, 2.24) is 0 Å². The molecule has 0 bridgehead atoms. The van der Waals surface area contributed by atoms with E-state index in [4.69, 9.17) is 27.9 Å². The van der Waals surface area contributed by atoms with Gasteiger partial charge >= 0.3 is 0 Å². The van der Waals surface area contributed by atoms with Crippen LogP contribution < -0.4 is 9.64 Å². The standard InChI is InChI=1S/C9H7Cl2NO2/c1-12-8(13)4-14-7-3-5(10)2-6(11)9(7)12/h2-3H,4H2,1H3. The summed E-state index contributed by atoms with van der Waals surface area (Å²) in [5, 5.41) is 0.916. The van der Waals surface area contributed by atoms with E-state index >= 15 is 0 Å². The van der Waals surface area contributed by atoms with E-state index in [-0.39, 0.29) is 12.5 Å². The maximum Gasteiger partial charge on any atom is 0.264 e. The minimum atomic E-state index is -0.123. The zero-order valence-corrected chi connectivity index (χ0v) is 8.89. The fraction of sp³-hybridized carbons (Fsp3) is 0.222. The Balaban J connectivity index is 2.60. The first kappa shape index (κ1) is 9.62. The zero-order valence-electron chi connectivity index (χ0n) is 7.38. The van der Waals surface area contributed by atoms with Gasteiger partial charge in [-0.1, -0.05) is 23.2 Å². The van der Waals surface area contributed by atoms with Crippen LogP contribution in [0, 0.1) is 0 Å². The molecule has 0 fully saturated rings. The van der Waals surface area contributed by atoms with Crippen molar-refractivity contribution in [2.24, 2.45) is 0 Å². The second-order valence-corrected chi connectivity index (χ2v) is 3.82. The minimum absolute atomic E-state index is 0.0279. The molecule has 0 spiro atoms. The average molecular weight is 232 g/mol. The first-order valence-corrected chi connectivity index (χ1v) is 4.73. The molecule has 0 N–H and O–H groups in total. The van der Waals surface area contributed by atoms with Crippen LogP contribution in [-0.2, 0) is 4.79 Å². The van der Waals surface area contributed by atoms with Crippen molar-refractivity contribution in [1.29, 1.82) is 0 Å². The molecule has 14 heavy (non-hydrogen) atoms.